The molecule has 0 fully saturated rings. The minimum atomic E-state index is -0.249. The summed E-state index contributed by atoms with van der Waals surface area (Å²) in [4.78, 5) is 20.3. The molecule has 1 aromatic rings. The summed E-state index contributed by atoms with van der Waals surface area (Å²) < 4.78 is 0. The van der Waals surface area contributed by atoms with E-state index in [0.29, 0.717) is 0 Å². The number of benzene rings is 1. The van der Waals surface area contributed by atoms with Crippen molar-refractivity contribution >= 4 is 12.6 Å². The number of hydrogen-bond donors (Lipinski definition) is 1. The number of hydrogen-bond acceptors (Lipinski definition) is 3. The Balaban J connectivity index is 3.35. The van der Waals surface area contributed by atoms with E-state index in [9.17, 15) is 9.59 Å². The number of phenolic OH excluding ortho intramolecular Hbond substituents is 1. The van der Waals surface area contributed by atoms with Crippen LogP contribution in [0.25, 0.3) is 0 Å². The molecular weight excluding hydrogens is 144 g/mol. The van der Waals surface area contributed by atoms with E-state index >= 15 is 0 Å². The van der Waals surface area contributed by atoms with Crippen molar-refractivity contribution in [1.29, 1.82) is 0 Å². The van der Waals surface area contributed by atoms with Gasteiger partial charge in [0.25, 0.3) is 0 Å². The first kappa shape index (κ1) is 7.47. The highest BCUT2D eigenvalue weighted by Gasteiger charge is 2.05. The molecule has 0 heterocycles. The van der Waals surface area contributed by atoms with Gasteiger partial charge in [-0.3, -0.25) is 9.59 Å². The van der Waals surface area contributed by atoms with E-state index in [4.69, 9.17) is 5.11 Å². The van der Waals surface area contributed by atoms with Crippen molar-refractivity contribution in [3.8, 4) is 5.75 Å². The summed E-state index contributed by atoms with van der Waals surface area (Å²) in [6.07, 6.45) is 2.97. The number of phenols is 1. The van der Waals surface area contributed by atoms with Crippen LogP contribution < -0.4 is 0 Å². The topological polar surface area (TPSA) is 54.4 Å². The fraction of sp³-hybridized carbons (Fsp3) is 0. The molecule has 0 saturated carbocycles. The van der Waals surface area contributed by atoms with Crippen LogP contribution in [-0.2, 0) is 9.59 Å². The molecule has 3 nitrogen and oxygen atoms in total. The molecule has 54 valence electrons. The van der Waals surface area contributed by atoms with E-state index in [1.54, 1.807) is 0 Å². The minimum absolute atomic E-state index is 0.0278. The largest absolute Gasteiger partial charge is 0.507 e. The molecular formula is C8H4O3. The van der Waals surface area contributed by atoms with Crippen molar-refractivity contribution in [3.05, 3.63) is 29.3 Å². The van der Waals surface area contributed by atoms with Gasteiger partial charge in [-0.15, -0.1) is 0 Å². The lowest BCUT2D eigenvalue weighted by Crippen LogP contribution is -1.90. The quantitative estimate of drug-likeness (QED) is 0.656. The lowest BCUT2D eigenvalue weighted by atomic mass is 10.1. The fourth-order valence-electron chi connectivity index (χ4n) is 0.732. The van der Waals surface area contributed by atoms with E-state index in [0.717, 1.165) is 0 Å². The maximum Gasteiger partial charge on any atom is 0.238 e. The van der Waals surface area contributed by atoms with Crippen LogP contribution in [0.5, 0.6) is 5.75 Å². The van der Waals surface area contributed by atoms with Gasteiger partial charge in [-0.2, -0.15) is 0 Å². The van der Waals surface area contributed by atoms with E-state index in [1.165, 1.54) is 30.8 Å². The molecule has 0 unspecified atom stereocenters. The Morgan fingerprint density at radius 2 is 1.91 bits per heavy atom. The number of aromatic hydroxyl groups is 1. The van der Waals surface area contributed by atoms with Crippen LogP contribution in [0.15, 0.2) is 18.2 Å². The zero-order valence-corrected chi connectivity index (χ0v) is 5.50. The molecule has 0 aliphatic rings. The Hall–Kier alpha value is -1.64. The zero-order chi connectivity index (χ0) is 8.27. The Kier molecular flexibility index (Phi) is 2.01. The first-order valence-electron chi connectivity index (χ1n) is 2.88. The molecule has 0 aliphatic carbocycles. The van der Waals surface area contributed by atoms with E-state index < -0.39 is 0 Å². The highest BCUT2D eigenvalue weighted by atomic mass is 16.3. The van der Waals surface area contributed by atoms with Crippen molar-refractivity contribution in [2.75, 3.05) is 0 Å². The maximum absolute atomic E-state index is 10.1. The second kappa shape index (κ2) is 2.96. The van der Waals surface area contributed by atoms with Gasteiger partial charge in [0.1, 0.15) is 5.75 Å². The second-order valence-electron chi connectivity index (χ2n) is 1.90. The first-order valence-corrected chi connectivity index (χ1v) is 2.88. The molecule has 0 spiro atoms. The average molecular weight is 148 g/mol. The van der Waals surface area contributed by atoms with Crippen molar-refractivity contribution in [2.24, 2.45) is 0 Å². The first-order chi connectivity index (χ1) is 5.29. The highest BCUT2D eigenvalue weighted by Crippen LogP contribution is 2.16. The molecule has 0 aromatic heterocycles. The van der Waals surface area contributed by atoms with Gasteiger partial charge in [0, 0.05) is 5.56 Å². The maximum atomic E-state index is 10.1. The molecule has 1 rings (SSSR count). The summed E-state index contributed by atoms with van der Waals surface area (Å²) in [7, 11) is 0. The van der Waals surface area contributed by atoms with Gasteiger partial charge in [0.15, 0.2) is 0 Å². The molecule has 3 heteroatoms. The van der Waals surface area contributed by atoms with Gasteiger partial charge >= 0.3 is 0 Å². The van der Waals surface area contributed by atoms with Crippen LogP contribution in [0.1, 0.15) is 11.1 Å². The average Bonchev–Trinajstić information content (AvgIpc) is 2.04. The third-order valence-electron chi connectivity index (χ3n) is 1.25. The monoisotopic (exact) mass is 148 g/mol. The minimum Gasteiger partial charge on any atom is -0.507 e. The molecule has 0 amide bonds. The van der Waals surface area contributed by atoms with Crippen LogP contribution in [0.2, 0.25) is 0 Å². The highest BCUT2D eigenvalue weighted by molar-refractivity contribution is 5.93. The predicted octanol–water partition coefficient (Wildman–Crippen LogP) is 0.308. The molecule has 0 atom stereocenters. The summed E-state index contributed by atoms with van der Waals surface area (Å²) in [5.74, 6) is -0.249. The van der Waals surface area contributed by atoms with Crippen LogP contribution in [0.4, 0.5) is 0 Å². The third-order valence-corrected chi connectivity index (χ3v) is 1.25. The number of carbonyl (C=O) groups excluding carboxylic acids is 2. The smallest absolute Gasteiger partial charge is 0.238 e. The number of rotatable bonds is 2. The van der Waals surface area contributed by atoms with Gasteiger partial charge in [-0.25, -0.2) is 0 Å². The summed E-state index contributed by atoms with van der Waals surface area (Å²) in [5, 5.41) is 8.98. The molecule has 0 saturated heterocycles. The van der Waals surface area contributed by atoms with E-state index in [-0.39, 0.29) is 16.9 Å². The lowest BCUT2D eigenvalue weighted by molar-refractivity contribution is 0.471. The normalized spacial score (nSPS) is 9.09. The lowest BCUT2D eigenvalue weighted by Gasteiger charge is -1.96. The Bertz CT molecular complexity index is 291. The van der Waals surface area contributed by atoms with Gasteiger partial charge < -0.3 is 5.11 Å². The Morgan fingerprint density at radius 3 is 2.36 bits per heavy atom. The van der Waals surface area contributed by atoms with Crippen molar-refractivity contribution < 1.29 is 14.7 Å². The Morgan fingerprint density at radius 1 is 1.18 bits per heavy atom. The van der Waals surface area contributed by atoms with Crippen LogP contribution in [0, 0.1) is 0 Å². The molecule has 11 heavy (non-hydrogen) atoms. The van der Waals surface area contributed by atoms with Crippen molar-refractivity contribution in [3.63, 3.8) is 0 Å². The zero-order valence-electron chi connectivity index (χ0n) is 5.50. The Labute approximate surface area is 63.3 Å². The third kappa shape index (κ3) is 1.26. The molecule has 0 bridgehead atoms. The van der Waals surface area contributed by atoms with Gasteiger partial charge in [-0.1, -0.05) is 6.07 Å². The van der Waals surface area contributed by atoms with E-state index in [1.807, 2.05) is 0 Å². The van der Waals surface area contributed by atoms with Crippen molar-refractivity contribution in [1.82, 2.24) is 0 Å². The molecule has 1 aromatic carbocycles. The predicted molar refractivity (Wildman–Crippen MR) is 37.7 cm³/mol. The fourth-order valence-corrected chi connectivity index (χ4v) is 0.732. The van der Waals surface area contributed by atoms with Gasteiger partial charge in [0.05, 0.1) is 5.56 Å². The summed E-state index contributed by atoms with van der Waals surface area (Å²) in [6, 6.07) is 4.14. The van der Waals surface area contributed by atoms with Crippen LogP contribution in [0.3, 0.4) is 0 Å². The summed E-state index contributed by atoms with van der Waals surface area (Å²) in [5.41, 5.74) is -0.109. The van der Waals surface area contributed by atoms with Crippen LogP contribution >= 0.6 is 0 Å². The van der Waals surface area contributed by atoms with Gasteiger partial charge in [-0.05, 0) is 12.1 Å². The summed E-state index contributed by atoms with van der Waals surface area (Å²) in [6.45, 7) is 0. The van der Waals surface area contributed by atoms with Crippen LogP contribution in [-0.4, -0.2) is 17.7 Å². The standard InChI is InChI=1S/C8H4O3/c9-4-6-2-1-3-8(11)7(6)5-10/h1-3,11H. The summed E-state index contributed by atoms with van der Waals surface area (Å²) >= 11 is 0. The second-order valence-corrected chi connectivity index (χ2v) is 1.90. The van der Waals surface area contributed by atoms with Gasteiger partial charge in [0.2, 0.25) is 12.6 Å². The SMILES string of the molecule is O=[C]c1cccc(O)c1[C]=O. The molecule has 1 N–H and O–H groups in total. The van der Waals surface area contributed by atoms with E-state index in [2.05, 4.69) is 0 Å². The molecule has 2 radical (unpaired) electrons. The molecule has 0 aliphatic heterocycles. The van der Waals surface area contributed by atoms with Crippen molar-refractivity contribution in [2.45, 2.75) is 0 Å².